The van der Waals surface area contributed by atoms with E-state index in [0.717, 1.165) is 16.9 Å². The predicted molar refractivity (Wildman–Crippen MR) is 68.5 cm³/mol. The van der Waals surface area contributed by atoms with Crippen LogP contribution in [0.5, 0.6) is 11.5 Å². The number of hydrogen-bond donors (Lipinski definition) is 0. The molecular weight excluding hydrogens is 231 g/mol. The molecule has 0 unspecified atom stereocenters. The first-order valence-electron chi connectivity index (χ1n) is 5.71. The summed E-state index contributed by atoms with van der Waals surface area (Å²) < 4.78 is 24.0. The standard InChI is InChI=1S/C15H15FO2/c1-11-3-8-14(16)15(9-11)18-10-12-4-6-13(17-2)7-5-12/h3-9H,10H2,1-2H3. The maximum Gasteiger partial charge on any atom is 0.165 e. The van der Waals surface area contributed by atoms with Crippen LogP contribution in [-0.4, -0.2) is 7.11 Å². The van der Waals surface area contributed by atoms with E-state index in [1.54, 1.807) is 19.2 Å². The molecule has 0 atom stereocenters. The molecule has 0 amide bonds. The largest absolute Gasteiger partial charge is 0.497 e. The van der Waals surface area contributed by atoms with Crippen molar-refractivity contribution in [3.8, 4) is 11.5 Å². The molecule has 3 heteroatoms. The summed E-state index contributed by atoms with van der Waals surface area (Å²) in [7, 11) is 1.62. The van der Waals surface area contributed by atoms with Crippen LogP contribution in [0.3, 0.4) is 0 Å². The Labute approximate surface area is 106 Å². The van der Waals surface area contributed by atoms with Crippen LogP contribution in [0.1, 0.15) is 11.1 Å². The summed E-state index contributed by atoms with van der Waals surface area (Å²) in [6.45, 7) is 2.24. The van der Waals surface area contributed by atoms with Crippen molar-refractivity contribution in [2.45, 2.75) is 13.5 Å². The first kappa shape index (κ1) is 12.4. The molecule has 0 fully saturated rings. The van der Waals surface area contributed by atoms with Crippen molar-refractivity contribution in [2.24, 2.45) is 0 Å². The summed E-state index contributed by atoms with van der Waals surface area (Å²) in [5, 5.41) is 0. The van der Waals surface area contributed by atoms with Crippen LogP contribution in [0.4, 0.5) is 4.39 Å². The molecule has 0 saturated carbocycles. The molecule has 2 aromatic rings. The molecule has 0 heterocycles. The predicted octanol–water partition coefficient (Wildman–Crippen LogP) is 3.72. The normalized spacial score (nSPS) is 10.2. The Hall–Kier alpha value is -2.03. The first-order valence-corrected chi connectivity index (χ1v) is 5.71. The van der Waals surface area contributed by atoms with Gasteiger partial charge in [-0.15, -0.1) is 0 Å². The number of ether oxygens (including phenoxy) is 2. The van der Waals surface area contributed by atoms with E-state index in [0.29, 0.717) is 6.61 Å². The summed E-state index contributed by atoms with van der Waals surface area (Å²) in [6, 6.07) is 12.3. The lowest BCUT2D eigenvalue weighted by Gasteiger charge is -2.08. The highest BCUT2D eigenvalue weighted by molar-refractivity contribution is 5.31. The van der Waals surface area contributed by atoms with E-state index >= 15 is 0 Å². The van der Waals surface area contributed by atoms with Crippen molar-refractivity contribution in [3.05, 3.63) is 59.4 Å². The van der Waals surface area contributed by atoms with Crippen molar-refractivity contribution in [3.63, 3.8) is 0 Å². The van der Waals surface area contributed by atoms with Crippen LogP contribution in [-0.2, 0) is 6.61 Å². The van der Waals surface area contributed by atoms with Gasteiger partial charge in [0.2, 0.25) is 0 Å². The van der Waals surface area contributed by atoms with E-state index < -0.39 is 0 Å². The molecular formula is C15H15FO2. The maximum absolute atomic E-state index is 13.4. The lowest BCUT2D eigenvalue weighted by Crippen LogP contribution is -1.97. The van der Waals surface area contributed by atoms with Crippen LogP contribution in [0.2, 0.25) is 0 Å². The number of halogens is 1. The molecule has 0 radical (unpaired) electrons. The zero-order valence-corrected chi connectivity index (χ0v) is 10.4. The Kier molecular flexibility index (Phi) is 3.82. The third-order valence-electron chi connectivity index (χ3n) is 2.64. The topological polar surface area (TPSA) is 18.5 Å². The molecule has 0 saturated heterocycles. The summed E-state index contributed by atoms with van der Waals surface area (Å²) in [6.07, 6.45) is 0. The lowest BCUT2D eigenvalue weighted by atomic mass is 10.2. The van der Waals surface area contributed by atoms with Gasteiger partial charge >= 0.3 is 0 Å². The fraction of sp³-hybridized carbons (Fsp3) is 0.200. The summed E-state index contributed by atoms with van der Waals surface area (Å²) >= 11 is 0. The lowest BCUT2D eigenvalue weighted by molar-refractivity contribution is 0.290. The molecule has 2 aromatic carbocycles. The van der Waals surface area contributed by atoms with Crippen LogP contribution >= 0.6 is 0 Å². The van der Waals surface area contributed by atoms with E-state index in [9.17, 15) is 4.39 Å². The van der Waals surface area contributed by atoms with Gasteiger partial charge in [0, 0.05) is 0 Å². The van der Waals surface area contributed by atoms with Gasteiger partial charge in [0.05, 0.1) is 7.11 Å². The van der Waals surface area contributed by atoms with Crippen LogP contribution in [0.15, 0.2) is 42.5 Å². The molecule has 0 N–H and O–H groups in total. The van der Waals surface area contributed by atoms with Gasteiger partial charge in [0.15, 0.2) is 11.6 Å². The quantitative estimate of drug-likeness (QED) is 0.818. The van der Waals surface area contributed by atoms with Gasteiger partial charge in [-0.3, -0.25) is 0 Å². The number of benzene rings is 2. The fourth-order valence-corrected chi connectivity index (χ4v) is 1.60. The van der Waals surface area contributed by atoms with Crippen molar-refractivity contribution in [2.75, 3.05) is 7.11 Å². The van der Waals surface area contributed by atoms with E-state index in [-0.39, 0.29) is 11.6 Å². The van der Waals surface area contributed by atoms with Gasteiger partial charge in [-0.25, -0.2) is 4.39 Å². The molecule has 0 aromatic heterocycles. The molecule has 0 aliphatic carbocycles. The zero-order valence-electron chi connectivity index (χ0n) is 10.4. The Balaban J connectivity index is 2.04. The number of methoxy groups -OCH3 is 1. The van der Waals surface area contributed by atoms with Crippen LogP contribution in [0, 0.1) is 12.7 Å². The second-order valence-corrected chi connectivity index (χ2v) is 4.07. The molecule has 18 heavy (non-hydrogen) atoms. The highest BCUT2D eigenvalue weighted by Gasteiger charge is 2.03. The number of rotatable bonds is 4. The van der Waals surface area contributed by atoms with Gasteiger partial charge in [-0.2, -0.15) is 0 Å². The van der Waals surface area contributed by atoms with Gasteiger partial charge in [0.1, 0.15) is 12.4 Å². The summed E-state index contributed by atoms with van der Waals surface area (Å²) in [5.41, 5.74) is 1.94. The molecule has 0 aliphatic rings. The van der Waals surface area contributed by atoms with Crippen molar-refractivity contribution >= 4 is 0 Å². The number of hydrogen-bond acceptors (Lipinski definition) is 2. The van der Waals surface area contributed by atoms with Gasteiger partial charge < -0.3 is 9.47 Å². The molecule has 0 spiro atoms. The Bertz CT molecular complexity index is 521. The van der Waals surface area contributed by atoms with E-state index in [4.69, 9.17) is 9.47 Å². The van der Waals surface area contributed by atoms with Crippen molar-refractivity contribution in [1.82, 2.24) is 0 Å². The summed E-state index contributed by atoms with van der Waals surface area (Å²) in [4.78, 5) is 0. The van der Waals surface area contributed by atoms with Gasteiger partial charge in [-0.1, -0.05) is 18.2 Å². The summed E-state index contributed by atoms with van der Waals surface area (Å²) in [5.74, 6) is 0.736. The first-order chi connectivity index (χ1) is 8.69. The fourth-order valence-electron chi connectivity index (χ4n) is 1.60. The van der Waals surface area contributed by atoms with Crippen LogP contribution < -0.4 is 9.47 Å². The second kappa shape index (κ2) is 5.54. The molecule has 0 aliphatic heterocycles. The minimum atomic E-state index is -0.339. The maximum atomic E-state index is 13.4. The third kappa shape index (κ3) is 3.00. The van der Waals surface area contributed by atoms with E-state index in [2.05, 4.69) is 0 Å². The zero-order chi connectivity index (χ0) is 13.0. The molecule has 2 nitrogen and oxygen atoms in total. The molecule has 0 bridgehead atoms. The Morgan fingerprint density at radius 2 is 1.78 bits per heavy atom. The van der Waals surface area contributed by atoms with E-state index in [1.807, 2.05) is 31.2 Å². The third-order valence-corrected chi connectivity index (χ3v) is 2.64. The monoisotopic (exact) mass is 246 g/mol. The molecule has 2 rings (SSSR count). The molecule has 94 valence electrons. The highest BCUT2D eigenvalue weighted by atomic mass is 19.1. The van der Waals surface area contributed by atoms with Crippen LogP contribution in [0.25, 0.3) is 0 Å². The van der Waals surface area contributed by atoms with Gasteiger partial charge in [0.25, 0.3) is 0 Å². The number of aryl methyl sites for hydroxylation is 1. The minimum Gasteiger partial charge on any atom is -0.497 e. The Morgan fingerprint density at radius 3 is 2.44 bits per heavy atom. The average Bonchev–Trinajstić information content (AvgIpc) is 2.40. The smallest absolute Gasteiger partial charge is 0.165 e. The highest BCUT2D eigenvalue weighted by Crippen LogP contribution is 2.20. The minimum absolute atomic E-state index is 0.283. The second-order valence-electron chi connectivity index (χ2n) is 4.07. The van der Waals surface area contributed by atoms with Crippen molar-refractivity contribution < 1.29 is 13.9 Å². The van der Waals surface area contributed by atoms with E-state index in [1.165, 1.54) is 6.07 Å². The Morgan fingerprint density at radius 1 is 1.06 bits per heavy atom. The average molecular weight is 246 g/mol. The SMILES string of the molecule is COc1ccc(COc2cc(C)ccc2F)cc1. The van der Waals surface area contributed by atoms with Gasteiger partial charge in [-0.05, 0) is 42.3 Å². The van der Waals surface area contributed by atoms with Crippen molar-refractivity contribution in [1.29, 1.82) is 0 Å².